The molecule has 1 atom stereocenters. The first-order chi connectivity index (χ1) is 9.15. The minimum absolute atomic E-state index is 0.0268. The van der Waals surface area contributed by atoms with Gasteiger partial charge in [-0.2, -0.15) is 0 Å². The largest absolute Gasteiger partial charge is 0.465 e. The average Bonchev–Trinajstić information content (AvgIpc) is 2.78. The van der Waals surface area contributed by atoms with Gasteiger partial charge in [0.1, 0.15) is 11.2 Å². The summed E-state index contributed by atoms with van der Waals surface area (Å²) in [5.41, 5.74) is -0.824. The van der Waals surface area contributed by atoms with Crippen LogP contribution in [-0.4, -0.2) is 31.6 Å². The summed E-state index contributed by atoms with van der Waals surface area (Å²) in [7, 11) is 0. The summed E-state index contributed by atoms with van der Waals surface area (Å²) in [6, 6.07) is 0. The van der Waals surface area contributed by atoms with Crippen molar-refractivity contribution in [2.24, 2.45) is 11.3 Å². The van der Waals surface area contributed by atoms with Crippen molar-refractivity contribution in [1.82, 2.24) is 0 Å². The highest BCUT2D eigenvalue weighted by Gasteiger charge is 2.48. The van der Waals surface area contributed by atoms with E-state index in [4.69, 9.17) is 9.47 Å². The topological polar surface area (TPSA) is 52.6 Å². The lowest BCUT2D eigenvalue weighted by Gasteiger charge is -2.23. The van der Waals surface area contributed by atoms with Crippen LogP contribution < -0.4 is 0 Å². The molecule has 2 aliphatic heterocycles. The second-order valence-electron chi connectivity index (χ2n) is 5.83. The van der Waals surface area contributed by atoms with Crippen molar-refractivity contribution in [2.45, 2.75) is 51.9 Å². The molecule has 0 aromatic carbocycles. The van der Waals surface area contributed by atoms with Gasteiger partial charge < -0.3 is 9.47 Å². The van der Waals surface area contributed by atoms with Crippen molar-refractivity contribution >= 4 is 11.8 Å². The Labute approximate surface area is 114 Å². The smallest absolute Gasteiger partial charge is 0.319 e. The van der Waals surface area contributed by atoms with Gasteiger partial charge in [-0.1, -0.05) is 19.3 Å². The van der Waals surface area contributed by atoms with E-state index in [1.165, 1.54) is 13.3 Å². The van der Waals surface area contributed by atoms with Gasteiger partial charge >= 0.3 is 5.97 Å². The molecule has 0 saturated carbocycles. The van der Waals surface area contributed by atoms with E-state index in [2.05, 4.69) is 0 Å². The number of Topliss-reactive ketones (excluding diaryl/α,β-unsaturated/α-hetero) is 1. The number of carbonyl (C=O) groups excluding carboxylic acids is 2. The summed E-state index contributed by atoms with van der Waals surface area (Å²) in [5.74, 6) is 0.435. The first-order valence-electron chi connectivity index (χ1n) is 7.41. The molecule has 2 fully saturated rings. The molecule has 0 N–H and O–H groups in total. The number of rotatable bonds is 6. The zero-order chi connectivity index (χ0) is 13.7. The third-order valence-corrected chi connectivity index (χ3v) is 4.63. The van der Waals surface area contributed by atoms with E-state index in [9.17, 15) is 9.59 Å². The highest BCUT2D eigenvalue weighted by Crippen LogP contribution is 2.37. The van der Waals surface area contributed by atoms with E-state index >= 15 is 0 Å². The Morgan fingerprint density at radius 2 is 2.00 bits per heavy atom. The second-order valence-corrected chi connectivity index (χ2v) is 5.83. The maximum Gasteiger partial charge on any atom is 0.319 e. The fraction of sp³-hybridized carbons (Fsp3) is 0.867. The van der Waals surface area contributed by atoms with Crippen molar-refractivity contribution in [3.63, 3.8) is 0 Å². The Kier molecular flexibility index (Phi) is 4.97. The van der Waals surface area contributed by atoms with Crippen LogP contribution in [0.3, 0.4) is 0 Å². The number of carbonyl (C=O) groups is 2. The number of ketones is 1. The molecule has 2 rings (SSSR count). The van der Waals surface area contributed by atoms with Crippen molar-refractivity contribution in [3.05, 3.63) is 0 Å². The summed E-state index contributed by atoms with van der Waals surface area (Å²) in [6.45, 7) is 3.69. The third kappa shape index (κ3) is 3.35. The molecular formula is C15H24O4. The Morgan fingerprint density at radius 3 is 2.58 bits per heavy atom. The van der Waals surface area contributed by atoms with Gasteiger partial charge in [-0.15, -0.1) is 0 Å². The van der Waals surface area contributed by atoms with Crippen LogP contribution in [0, 0.1) is 11.3 Å². The molecule has 2 heterocycles. The van der Waals surface area contributed by atoms with Gasteiger partial charge in [-0.05, 0) is 32.1 Å². The number of unbranched alkanes of at least 4 members (excludes halogenated alkanes) is 1. The van der Waals surface area contributed by atoms with Gasteiger partial charge in [0.15, 0.2) is 0 Å². The van der Waals surface area contributed by atoms with E-state index < -0.39 is 5.41 Å². The molecular weight excluding hydrogens is 244 g/mol. The number of hydrogen-bond donors (Lipinski definition) is 0. The molecule has 2 saturated heterocycles. The zero-order valence-electron chi connectivity index (χ0n) is 11.8. The summed E-state index contributed by atoms with van der Waals surface area (Å²) in [5, 5.41) is 0. The van der Waals surface area contributed by atoms with Crippen molar-refractivity contribution in [3.8, 4) is 0 Å². The molecule has 0 bridgehead atoms. The van der Waals surface area contributed by atoms with Gasteiger partial charge in [-0.25, -0.2) is 0 Å². The molecule has 0 radical (unpaired) electrons. The fourth-order valence-electron chi connectivity index (χ4n) is 3.18. The lowest BCUT2D eigenvalue weighted by molar-refractivity contribution is -0.151. The zero-order valence-corrected chi connectivity index (χ0v) is 11.8. The first-order valence-corrected chi connectivity index (χ1v) is 7.41. The van der Waals surface area contributed by atoms with Gasteiger partial charge in [-0.3, -0.25) is 9.59 Å². The van der Waals surface area contributed by atoms with Gasteiger partial charge in [0.2, 0.25) is 0 Å². The molecule has 0 aromatic heterocycles. The monoisotopic (exact) mass is 268 g/mol. The molecule has 2 aliphatic rings. The Hall–Kier alpha value is -0.900. The standard InChI is InChI=1S/C15H24O4/c1-12(16)15(8-11-19-14(15)17)7-3-2-4-13-5-9-18-10-6-13/h13H,2-11H2,1H3. The predicted molar refractivity (Wildman–Crippen MR) is 70.7 cm³/mol. The summed E-state index contributed by atoms with van der Waals surface area (Å²) < 4.78 is 10.3. The molecule has 108 valence electrons. The molecule has 0 spiro atoms. The Morgan fingerprint density at radius 1 is 1.26 bits per heavy atom. The first kappa shape index (κ1) is 14.5. The normalized spacial score (nSPS) is 28.4. The second kappa shape index (κ2) is 6.51. The molecule has 19 heavy (non-hydrogen) atoms. The summed E-state index contributed by atoms with van der Waals surface area (Å²) in [6.07, 6.45) is 6.74. The number of cyclic esters (lactones) is 1. The maximum absolute atomic E-state index is 11.8. The van der Waals surface area contributed by atoms with Crippen LogP contribution in [0.2, 0.25) is 0 Å². The van der Waals surface area contributed by atoms with Crippen molar-refractivity contribution in [2.75, 3.05) is 19.8 Å². The number of ether oxygens (including phenoxy) is 2. The van der Waals surface area contributed by atoms with Crippen LogP contribution in [0.15, 0.2) is 0 Å². The fourth-order valence-corrected chi connectivity index (χ4v) is 3.18. The van der Waals surface area contributed by atoms with Gasteiger partial charge in [0.05, 0.1) is 6.61 Å². The van der Waals surface area contributed by atoms with Crippen LogP contribution in [-0.2, 0) is 19.1 Å². The molecule has 0 aromatic rings. The van der Waals surface area contributed by atoms with E-state index in [1.54, 1.807) is 0 Å². The highest BCUT2D eigenvalue weighted by atomic mass is 16.5. The number of esters is 1. The minimum atomic E-state index is -0.824. The van der Waals surface area contributed by atoms with Crippen molar-refractivity contribution < 1.29 is 19.1 Å². The summed E-state index contributed by atoms with van der Waals surface area (Å²) >= 11 is 0. The van der Waals surface area contributed by atoms with Crippen LogP contribution in [0.4, 0.5) is 0 Å². The van der Waals surface area contributed by atoms with Gasteiger partial charge in [0, 0.05) is 19.6 Å². The van der Waals surface area contributed by atoms with Crippen LogP contribution >= 0.6 is 0 Å². The number of hydrogen-bond acceptors (Lipinski definition) is 4. The minimum Gasteiger partial charge on any atom is -0.465 e. The quantitative estimate of drug-likeness (QED) is 0.422. The lowest BCUT2D eigenvalue weighted by Crippen LogP contribution is -2.34. The van der Waals surface area contributed by atoms with Crippen LogP contribution in [0.1, 0.15) is 51.9 Å². The maximum atomic E-state index is 11.8. The van der Waals surface area contributed by atoms with E-state index in [-0.39, 0.29) is 11.8 Å². The average molecular weight is 268 g/mol. The Bertz CT molecular complexity index is 333. The molecule has 4 heteroatoms. The van der Waals surface area contributed by atoms with Gasteiger partial charge in [0.25, 0.3) is 0 Å². The van der Waals surface area contributed by atoms with E-state index in [0.717, 1.165) is 44.8 Å². The summed E-state index contributed by atoms with van der Waals surface area (Å²) in [4.78, 5) is 23.5. The van der Waals surface area contributed by atoms with Crippen LogP contribution in [0.5, 0.6) is 0 Å². The predicted octanol–water partition coefficient (Wildman–Crippen LogP) is 2.50. The van der Waals surface area contributed by atoms with E-state index in [0.29, 0.717) is 19.4 Å². The van der Waals surface area contributed by atoms with Crippen molar-refractivity contribution in [1.29, 1.82) is 0 Å². The third-order valence-electron chi connectivity index (χ3n) is 4.63. The molecule has 0 amide bonds. The highest BCUT2D eigenvalue weighted by molar-refractivity contribution is 6.03. The lowest BCUT2D eigenvalue weighted by atomic mass is 9.77. The van der Waals surface area contributed by atoms with E-state index in [1.807, 2.05) is 0 Å². The molecule has 1 unspecified atom stereocenters. The van der Waals surface area contributed by atoms with Crippen LogP contribution in [0.25, 0.3) is 0 Å². The molecule has 0 aliphatic carbocycles. The SMILES string of the molecule is CC(=O)C1(CCCCC2CCOCC2)CCOC1=O. The molecule has 4 nitrogen and oxygen atoms in total. The Balaban J connectivity index is 1.74.